The molecule has 1 aliphatic rings. The Bertz CT molecular complexity index is 473. The standard InChI is InChI=1S/C13H22BN3O2/c1-8(15)9-7-17-11(16)6-10(9)14-18-12(2,3)13(4,5)19-14/h6-8H,15H2,1-5H3,(H2,16,17). The van der Waals surface area contributed by atoms with E-state index in [-0.39, 0.29) is 17.2 Å². The minimum Gasteiger partial charge on any atom is -0.399 e. The number of rotatable bonds is 2. The molecule has 1 fully saturated rings. The third-order valence-electron chi connectivity index (χ3n) is 3.99. The fraction of sp³-hybridized carbons (Fsp3) is 0.615. The lowest BCUT2D eigenvalue weighted by molar-refractivity contribution is 0.00578. The third-order valence-corrected chi connectivity index (χ3v) is 3.99. The van der Waals surface area contributed by atoms with Crippen LogP contribution in [0.3, 0.4) is 0 Å². The summed E-state index contributed by atoms with van der Waals surface area (Å²) in [7, 11) is -0.462. The van der Waals surface area contributed by atoms with Gasteiger partial charge in [-0.3, -0.25) is 0 Å². The van der Waals surface area contributed by atoms with Crippen molar-refractivity contribution >= 4 is 18.4 Å². The SMILES string of the molecule is CC(N)c1cnc(N)cc1B1OC(C)(C)C(C)(C)O1. The van der Waals surface area contributed by atoms with Gasteiger partial charge in [-0.2, -0.15) is 0 Å². The van der Waals surface area contributed by atoms with E-state index in [1.165, 1.54) is 0 Å². The molecule has 0 radical (unpaired) electrons. The molecule has 1 aliphatic heterocycles. The summed E-state index contributed by atoms with van der Waals surface area (Å²) in [6.07, 6.45) is 1.69. The number of nitrogens with two attached hydrogens (primary N) is 2. The molecule has 19 heavy (non-hydrogen) atoms. The number of nitrogens with zero attached hydrogens (tertiary/aromatic N) is 1. The molecule has 2 rings (SSSR count). The van der Waals surface area contributed by atoms with Crippen molar-refractivity contribution in [2.45, 2.75) is 51.9 Å². The van der Waals surface area contributed by atoms with Gasteiger partial charge in [0.25, 0.3) is 0 Å². The molecular formula is C13H22BN3O2. The van der Waals surface area contributed by atoms with Gasteiger partial charge in [0.2, 0.25) is 0 Å². The van der Waals surface area contributed by atoms with Crippen molar-refractivity contribution in [3.63, 3.8) is 0 Å². The van der Waals surface area contributed by atoms with Crippen LogP contribution in [0.25, 0.3) is 0 Å². The average molecular weight is 263 g/mol. The fourth-order valence-electron chi connectivity index (χ4n) is 2.05. The molecule has 0 aliphatic carbocycles. The zero-order chi connectivity index (χ0) is 14.4. The maximum Gasteiger partial charge on any atom is 0.495 e. The highest BCUT2D eigenvalue weighted by atomic mass is 16.7. The Balaban J connectivity index is 2.41. The summed E-state index contributed by atoms with van der Waals surface area (Å²) >= 11 is 0. The summed E-state index contributed by atoms with van der Waals surface area (Å²) in [6.45, 7) is 9.97. The molecule has 1 aromatic rings. The Kier molecular flexibility index (Phi) is 3.37. The van der Waals surface area contributed by atoms with Crippen LogP contribution >= 0.6 is 0 Å². The summed E-state index contributed by atoms with van der Waals surface area (Å²) in [6, 6.07) is 1.63. The van der Waals surface area contributed by atoms with E-state index in [9.17, 15) is 0 Å². The van der Waals surface area contributed by atoms with Gasteiger partial charge in [0, 0.05) is 12.2 Å². The molecule has 0 saturated carbocycles. The van der Waals surface area contributed by atoms with Crippen molar-refractivity contribution in [3.8, 4) is 0 Å². The second-order valence-corrected chi connectivity index (χ2v) is 6.12. The second kappa shape index (κ2) is 4.47. The molecule has 1 aromatic heterocycles. The normalized spacial score (nSPS) is 22.5. The summed E-state index contributed by atoms with van der Waals surface area (Å²) in [5.74, 6) is 0.439. The Hall–Kier alpha value is -1.11. The molecular weight excluding hydrogens is 241 g/mol. The maximum atomic E-state index is 6.03. The molecule has 0 amide bonds. The smallest absolute Gasteiger partial charge is 0.399 e. The largest absolute Gasteiger partial charge is 0.495 e. The molecule has 1 saturated heterocycles. The number of nitrogen functional groups attached to an aromatic ring is 1. The van der Waals surface area contributed by atoms with Crippen LogP contribution in [0.4, 0.5) is 5.82 Å². The first-order chi connectivity index (χ1) is 8.64. The highest BCUT2D eigenvalue weighted by molar-refractivity contribution is 6.62. The summed E-state index contributed by atoms with van der Waals surface area (Å²) in [5, 5.41) is 0. The predicted octanol–water partition coefficient (Wildman–Crippen LogP) is 0.983. The number of hydrogen-bond donors (Lipinski definition) is 2. The van der Waals surface area contributed by atoms with Gasteiger partial charge in [-0.15, -0.1) is 0 Å². The second-order valence-electron chi connectivity index (χ2n) is 6.12. The van der Waals surface area contributed by atoms with Gasteiger partial charge in [-0.25, -0.2) is 4.98 Å². The van der Waals surface area contributed by atoms with Crippen LogP contribution in [0.2, 0.25) is 0 Å². The number of anilines is 1. The molecule has 0 bridgehead atoms. The third kappa shape index (κ3) is 2.48. The van der Waals surface area contributed by atoms with Crippen molar-refractivity contribution in [2.75, 3.05) is 5.73 Å². The first-order valence-corrected chi connectivity index (χ1v) is 6.50. The molecule has 0 aromatic carbocycles. The van der Waals surface area contributed by atoms with Crippen LogP contribution in [-0.2, 0) is 9.31 Å². The zero-order valence-electron chi connectivity index (χ0n) is 12.2. The number of aromatic nitrogens is 1. The lowest BCUT2D eigenvalue weighted by atomic mass is 9.75. The van der Waals surface area contributed by atoms with E-state index in [1.54, 1.807) is 12.3 Å². The fourth-order valence-corrected chi connectivity index (χ4v) is 2.05. The van der Waals surface area contributed by atoms with Crippen molar-refractivity contribution in [3.05, 3.63) is 17.8 Å². The summed E-state index contributed by atoms with van der Waals surface area (Å²) in [4.78, 5) is 4.09. The van der Waals surface area contributed by atoms with Gasteiger partial charge in [0.1, 0.15) is 5.82 Å². The Labute approximate surface area is 114 Å². The van der Waals surface area contributed by atoms with Crippen LogP contribution < -0.4 is 16.9 Å². The van der Waals surface area contributed by atoms with Gasteiger partial charge in [-0.05, 0) is 51.7 Å². The minimum absolute atomic E-state index is 0.151. The van der Waals surface area contributed by atoms with Crippen LogP contribution in [0.15, 0.2) is 12.3 Å². The quantitative estimate of drug-likeness (QED) is 0.777. The van der Waals surface area contributed by atoms with Crippen molar-refractivity contribution in [1.29, 1.82) is 0 Å². The van der Waals surface area contributed by atoms with Crippen LogP contribution in [0, 0.1) is 0 Å². The van der Waals surface area contributed by atoms with Crippen LogP contribution in [-0.4, -0.2) is 23.3 Å². The molecule has 6 heteroatoms. The topological polar surface area (TPSA) is 83.4 Å². The molecule has 4 N–H and O–H groups in total. The summed E-state index contributed by atoms with van der Waals surface area (Å²) < 4.78 is 12.1. The Morgan fingerprint density at radius 3 is 2.21 bits per heavy atom. The first kappa shape index (κ1) is 14.3. The van der Waals surface area contributed by atoms with Gasteiger partial charge in [0.05, 0.1) is 11.2 Å². The average Bonchev–Trinajstić information content (AvgIpc) is 2.47. The van der Waals surface area contributed by atoms with Crippen LogP contribution in [0.5, 0.6) is 0 Å². The highest BCUT2D eigenvalue weighted by Gasteiger charge is 2.52. The van der Waals surface area contributed by atoms with E-state index in [0.717, 1.165) is 11.0 Å². The van der Waals surface area contributed by atoms with Crippen LogP contribution in [0.1, 0.15) is 46.2 Å². The molecule has 0 spiro atoms. The monoisotopic (exact) mass is 263 g/mol. The lowest BCUT2D eigenvalue weighted by Crippen LogP contribution is -2.41. The summed E-state index contributed by atoms with van der Waals surface area (Å²) in [5.41, 5.74) is 12.7. The highest BCUT2D eigenvalue weighted by Crippen LogP contribution is 2.36. The molecule has 2 heterocycles. The molecule has 1 atom stereocenters. The molecule has 5 nitrogen and oxygen atoms in total. The minimum atomic E-state index is -0.462. The first-order valence-electron chi connectivity index (χ1n) is 6.50. The molecule has 104 valence electrons. The predicted molar refractivity (Wildman–Crippen MR) is 77.0 cm³/mol. The van der Waals surface area contributed by atoms with Crippen molar-refractivity contribution in [1.82, 2.24) is 4.98 Å². The van der Waals surface area contributed by atoms with E-state index < -0.39 is 7.12 Å². The van der Waals surface area contributed by atoms with Crippen molar-refractivity contribution in [2.24, 2.45) is 5.73 Å². The maximum absolute atomic E-state index is 6.03. The molecule has 1 unspecified atom stereocenters. The van der Waals surface area contributed by atoms with Crippen molar-refractivity contribution < 1.29 is 9.31 Å². The lowest BCUT2D eigenvalue weighted by Gasteiger charge is -2.32. The number of pyridine rings is 1. The van der Waals surface area contributed by atoms with E-state index in [1.807, 2.05) is 34.6 Å². The number of hydrogen-bond acceptors (Lipinski definition) is 5. The van der Waals surface area contributed by atoms with Gasteiger partial charge in [0.15, 0.2) is 0 Å². The van der Waals surface area contributed by atoms with E-state index in [2.05, 4.69) is 4.98 Å². The van der Waals surface area contributed by atoms with Gasteiger partial charge >= 0.3 is 7.12 Å². The van der Waals surface area contributed by atoms with Gasteiger partial charge in [-0.1, -0.05) is 0 Å². The zero-order valence-corrected chi connectivity index (χ0v) is 12.2. The van der Waals surface area contributed by atoms with E-state index in [4.69, 9.17) is 20.8 Å². The van der Waals surface area contributed by atoms with E-state index in [0.29, 0.717) is 5.82 Å². The Morgan fingerprint density at radius 2 is 1.74 bits per heavy atom. The van der Waals surface area contributed by atoms with Gasteiger partial charge < -0.3 is 20.8 Å². The Morgan fingerprint density at radius 1 is 1.21 bits per heavy atom. The van der Waals surface area contributed by atoms with E-state index >= 15 is 0 Å².